The van der Waals surface area contributed by atoms with Gasteiger partial charge in [0.2, 0.25) is 5.91 Å². The van der Waals surface area contributed by atoms with E-state index in [1.165, 1.54) is 31.4 Å². The Bertz CT molecular complexity index is 903. The van der Waals surface area contributed by atoms with Crippen molar-refractivity contribution in [2.24, 2.45) is 5.92 Å². The van der Waals surface area contributed by atoms with E-state index in [1.807, 2.05) is 4.90 Å². The highest BCUT2D eigenvalue weighted by atomic mass is 35.5. The molecule has 2 aromatic carbocycles. The van der Waals surface area contributed by atoms with E-state index in [0.717, 1.165) is 13.0 Å². The first kappa shape index (κ1) is 21.6. The topological polar surface area (TPSA) is 58.6 Å². The number of carbonyl (C=O) groups excluding carboxylic acids is 2. The van der Waals surface area contributed by atoms with Crippen molar-refractivity contribution >= 4 is 40.8 Å². The molecule has 29 heavy (non-hydrogen) atoms. The minimum atomic E-state index is -0.511. The van der Waals surface area contributed by atoms with Crippen LogP contribution in [0.5, 0.6) is 0 Å². The molecule has 1 heterocycles. The predicted octanol–water partition coefficient (Wildman–Crippen LogP) is 4.77. The number of benzene rings is 2. The summed E-state index contributed by atoms with van der Waals surface area (Å²) in [5.74, 6) is -1.34. The van der Waals surface area contributed by atoms with Gasteiger partial charge in [-0.1, -0.05) is 29.3 Å². The van der Waals surface area contributed by atoms with Crippen molar-refractivity contribution in [2.45, 2.75) is 19.4 Å². The molecule has 1 N–H and O–H groups in total. The Hall–Kier alpha value is -2.15. The molecular weight excluding hydrogens is 418 g/mol. The van der Waals surface area contributed by atoms with Crippen LogP contribution in [0.3, 0.4) is 0 Å². The third-order valence-electron chi connectivity index (χ3n) is 4.97. The molecule has 0 spiro atoms. The minimum Gasteiger partial charge on any atom is -0.465 e. The number of amides is 1. The number of ether oxygens (including phenoxy) is 1. The summed E-state index contributed by atoms with van der Waals surface area (Å²) in [6, 6.07) is 9.17. The number of anilines is 1. The third-order valence-corrected chi connectivity index (χ3v) is 5.65. The van der Waals surface area contributed by atoms with Crippen LogP contribution < -0.4 is 5.32 Å². The Morgan fingerprint density at radius 1 is 1.24 bits per heavy atom. The summed E-state index contributed by atoms with van der Waals surface area (Å²) in [6.07, 6.45) is 1.52. The van der Waals surface area contributed by atoms with E-state index < -0.39 is 5.97 Å². The fourth-order valence-corrected chi connectivity index (χ4v) is 3.81. The first-order chi connectivity index (χ1) is 13.9. The monoisotopic (exact) mass is 438 g/mol. The first-order valence-corrected chi connectivity index (χ1v) is 9.98. The van der Waals surface area contributed by atoms with E-state index >= 15 is 0 Å². The number of nitrogens with one attached hydrogen (secondary N) is 1. The van der Waals surface area contributed by atoms with E-state index in [2.05, 4.69) is 5.32 Å². The number of rotatable bonds is 5. The average Bonchev–Trinajstić information content (AvgIpc) is 2.72. The van der Waals surface area contributed by atoms with E-state index in [9.17, 15) is 14.0 Å². The minimum absolute atomic E-state index is 0.196. The highest BCUT2D eigenvalue weighted by molar-refractivity contribution is 6.34. The van der Waals surface area contributed by atoms with Gasteiger partial charge in [0, 0.05) is 23.7 Å². The van der Waals surface area contributed by atoms with Crippen LogP contribution in [-0.2, 0) is 16.1 Å². The molecule has 8 heteroatoms. The first-order valence-electron chi connectivity index (χ1n) is 9.23. The van der Waals surface area contributed by atoms with E-state index in [0.29, 0.717) is 46.4 Å². The van der Waals surface area contributed by atoms with Crippen molar-refractivity contribution in [1.29, 1.82) is 0 Å². The maximum absolute atomic E-state index is 14.1. The molecule has 0 aliphatic carbocycles. The van der Waals surface area contributed by atoms with Crippen LogP contribution in [0.25, 0.3) is 0 Å². The molecule has 154 valence electrons. The summed E-state index contributed by atoms with van der Waals surface area (Å²) in [4.78, 5) is 26.5. The summed E-state index contributed by atoms with van der Waals surface area (Å²) in [7, 11) is 1.29. The van der Waals surface area contributed by atoms with Crippen molar-refractivity contribution in [3.63, 3.8) is 0 Å². The Balaban J connectivity index is 1.68. The molecule has 0 aromatic heterocycles. The van der Waals surface area contributed by atoms with Gasteiger partial charge in [-0.15, -0.1) is 0 Å². The summed E-state index contributed by atoms with van der Waals surface area (Å²) >= 11 is 12.3. The number of likely N-dealkylation sites (tertiary alicyclic amines) is 1. The standard InChI is InChI=1S/C21H21Cl2FN2O3/c1-29-21(28)13-7-8-17(23)19(10-13)25-20(27)14-4-3-9-26(11-14)12-15-16(22)5-2-6-18(15)24/h2,5-8,10,14H,3-4,9,11-12H2,1H3,(H,25,27). The van der Waals surface area contributed by atoms with Crippen molar-refractivity contribution in [3.05, 3.63) is 63.4 Å². The number of carbonyl (C=O) groups is 2. The van der Waals surface area contributed by atoms with Crippen molar-refractivity contribution in [1.82, 2.24) is 4.90 Å². The zero-order valence-electron chi connectivity index (χ0n) is 15.9. The molecule has 0 radical (unpaired) electrons. The van der Waals surface area contributed by atoms with E-state index in [4.69, 9.17) is 27.9 Å². The van der Waals surface area contributed by atoms with E-state index in [-0.39, 0.29) is 17.6 Å². The van der Waals surface area contributed by atoms with Gasteiger partial charge in [0.05, 0.1) is 29.3 Å². The third kappa shape index (κ3) is 5.26. The van der Waals surface area contributed by atoms with Gasteiger partial charge in [-0.25, -0.2) is 9.18 Å². The molecule has 5 nitrogen and oxygen atoms in total. The SMILES string of the molecule is COC(=O)c1ccc(Cl)c(NC(=O)C2CCCN(Cc3c(F)cccc3Cl)C2)c1. The van der Waals surface area contributed by atoms with Gasteiger partial charge in [0.15, 0.2) is 0 Å². The van der Waals surface area contributed by atoms with Crippen LogP contribution in [0.4, 0.5) is 10.1 Å². The number of hydrogen-bond donors (Lipinski definition) is 1. The molecule has 1 fully saturated rings. The van der Waals surface area contributed by atoms with Crippen molar-refractivity contribution in [3.8, 4) is 0 Å². The van der Waals surface area contributed by atoms with Gasteiger partial charge in [-0.2, -0.15) is 0 Å². The summed E-state index contributed by atoms with van der Waals surface area (Å²) in [5, 5.41) is 3.51. The average molecular weight is 439 g/mol. The lowest BCUT2D eigenvalue weighted by Gasteiger charge is -2.32. The normalized spacial score (nSPS) is 17.0. The van der Waals surface area contributed by atoms with Gasteiger partial charge in [-0.3, -0.25) is 9.69 Å². The molecule has 1 unspecified atom stereocenters. The Morgan fingerprint density at radius 3 is 2.76 bits per heavy atom. The molecule has 0 bridgehead atoms. The van der Waals surface area contributed by atoms with Crippen LogP contribution in [0.1, 0.15) is 28.8 Å². The van der Waals surface area contributed by atoms with Gasteiger partial charge >= 0.3 is 5.97 Å². The zero-order chi connectivity index (χ0) is 21.0. The molecule has 1 aliphatic rings. The highest BCUT2D eigenvalue weighted by Gasteiger charge is 2.27. The molecule has 3 rings (SSSR count). The molecular formula is C21H21Cl2FN2O3. The van der Waals surface area contributed by atoms with Gasteiger partial charge < -0.3 is 10.1 Å². The molecule has 0 saturated carbocycles. The molecule has 1 amide bonds. The zero-order valence-corrected chi connectivity index (χ0v) is 17.4. The fourth-order valence-electron chi connectivity index (χ4n) is 3.42. The van der Waals surface area contributed by atoms with Gasteiger partial charge in [0.25, 0.3) is 0 Å². The predicted molar refractivity (Wildman–Crippen MR) is 111 cm³/mol. The largest absolute Gasteiger partial charge is 0.465 e. The maximum Gasteiger partial charge on any atom is 0.337 e. The van der Waals surface area contributed by atoms with Crippen molar-refractivity contribution < 1.29 is 18.7 Å². The Kier molecular flexibility index (Phi) is 7.11. The lowest BCUT2D eigenvalue weighted by atomic mass is 9.96. The smallest absolute Gasteiger partial charge is 0.337 e. The quantitative estimate of drug-likeness (QED) is 0.682. The number of methoxy groups -OCH3 is 1. The molecule has 1 atom stereocenters. The number of halogens is 3. The molecule has 1 aliphatic heterocycles. The van der Waals surface area contributed by atoms with Crippen LogP contribution in [0.2, 0.25) is 10.0 Å². The Labute approximate surface area is 178 Å². The van der Waals surface area contributed by atoms with Gasteiger partial charge in [-0.05, 0) is 49.7 Å². The summed E-state index contributed by atoms with van der Waals surface area (Å²) < 4.78 is 18.8. The number of nitrogens with zero attached hydrogens (tertiary/aromatic N) is 1. The lowest BCUT2D eigenvalue weighted by molar-refractivity contribution is -0.121. The fraction of sp³-hybridized carbons (Fsp3) is 0.333. The lowest BCUT2D eigenvalue weighted by Crippen LogP contribution is -2.40. The Morgan fingerprint density at radius 2 is 2.03 bits per heavy atom. The molecule has 1 saturated heterocycles. The van der Waals surface area contributed by atoms with Crippen LogP contribution in [0, 0.1) is 11.7 Å². The van der Waals surface area contributed by atoms with Crippen LogP contribution in [-0.4, -0.2) is 37.0 Å². The number of piperidine rings is 1. The number of hydrogen-bond acceptors (Lipinski definition) is 4. The van der Waals surface area contributed by atoms with Crippen molar-refractivity contribution in [2.75, 3.05) is 25.5 Å². The second-order valence-corrected chi connectivity index (χ2v) is 7.76. The summed E-state index contributed by atoms with van der Waals surface area (Å²) in [6.45, 7) is 1.58. The second-order valence-electron chi connectivity index (χ2n) is 6.95. The number of esters is 1. The highest BCUT2D eigenvalue weighted by Crippen LogP contribution is 2.27. The molecule has 2 aromatic rings. The van der Waals surface area contributed by atoms with Gasteiger partial charge in [0.1, 0.15) is 5.82 Å². The maximum atomic E-state index is 14.1. The van der Waals surface area contributed by atoms with E-state index in [1.54, 1.807) is 12.1 Å². The van der Waals surface area contributed by atoms with Crippen LogP contribution in [0.15, 0.2) is 36.4 Å². The summed E-state index contributed by atoms with van der Waals surface area (Å²) in [5.41, 5.74) is 1.09. The second kappa shape index (κ2) is 9.57. The van der Waals surface area contributed by atoms with Crippen LogP contribution >= 0.6 is 23.2 Å².